The number of carbonyl (C=O) groups excluding carboxylic acids is 2. The summed E-state index contributed by atoms with van der Waals surface area (Å²) in [5, 5.41) is 0. The topological polar surface area (TPSA) is 40.6 Å². The number of amides is 2. The first-order valence-electron chi connectivity index (χ1n) is 6.91. The Morgan fingerprint density at radius 3 is 2.06 bits per heavy atom. The molecule has 1 aliphatic heterocycles. The molecule has 4 nitrogen and oxygen atoms in total. The van der Waals surface area contributed by atoms with Crippen LogP contribution in [0.15, 0.2) is 12.2 Å². The lowest BCUT2D eigenvalue weighted by Crippen LogP contribution is -2.38. The smallest absolute Gasteiger partial charge is 0.233 e. The summed E-state index contributed by atoms with van der Waals surface area (Å²) < 4.78 is 0. The second-order valence-corrected chi connectivity index (χ2v) is 5.01. The number of carbonyl (C=O) groups is 2. The zero-order chi connectivity index (χ0) is 13.1. The van der Waals surface area contributed by atoms with E-state index >= 15 is 0 Å². The summed E-state index contributed by atoms with van der Waals surface area (Å²) in [6, 6.07) is 0. The van der Waals surface area contributed by atoms with Crippen LogP contribution in [-0.4, -0.2) is 47.8 Å². The molecule has 1 saturated heterocycles. The zero-order valence-electron chi connectivity index (χ0n) is 11.3. The van der Waals surface area contributed by atoms with Crippen molar-refractivity contribution in [3.8, 4) is 0 Å². The Bertz CT molecular complexity index is 335. The van der Waals surface area contributed by atoms with Crippen LogP contribution >= 0.6 is 0 Å². The van der Waals surface area contributed by atoms with Crippen LogP contribution in [0.3, 0.4) is 0 Å². The highest BCUT2D eigenvalue weighted by atomic mass is 16.2. The SMILES string of the molecule is CCN(CC)CCN1C(=O)C2CC=CCC2C1=O. The number of likely N-dealkylation sites (N-methyl/N-ethyl adjacent to an activating group) is 1. The van der Waals surface area contributed by atoms with Gasteiger partial charge >= 0.3 is 0 Å². The molecule has 0 bridgehead atoms. The zero-order valence-corrected chi connectivity index (χ0v) is 11.3. The van der Waals surface area contributed by atoms with E-state index in [-0.39, 0.29) is 23.7 Å². The number of imide groups is 1. The van der Waals surface area contributed by atoms with Gasteiger partial charge in [-0.05, 0) is 25.9 Å². The van der Waals surface area contributed by atoms with E-state index in [0.29, 0.717) is 6.54 Å². The Balaban J connectivity index is 1.98. The second-order valence-electron chi connectivity index (χ2n) is 5.01. The molecule has 100 valence electrons. The molecule has 2 rings (SSSR count). The number of rotatable bonds is 5. The van der Waals surface area contributed by atoms with Gasteiger partial charge in [-0.1, -0.05) is 26.0 Å². The Morgan fingerprint density at radius 2 is 1.61 bits per heavy atom. The standard InChI is InChI=1S/C14H22N2O2/c1-3-15(4-2)9-10-16-13(17)11-7-5-6-8-12(11)14(16)18/h5-6,11-12H,3-4,7-10H2,1-2H3. The highest BCUT2D eigenvalue weighted by Gasteiger charge is 2.46. The van der Waals surface area contributed by atoms with Crippen LogP contribution in [0.5, 0.6) is 0 Å². The molecular formula is C14H22N2O2. The van der Waals surface area contributed by atoms with Crippen LogP contribution in [0, 0.1) is 11.8 Å². The van der Waals surface area contributed by atoms with Crippen molar-refractivity contribution in [3.63, 3.8) is 0 Å². The number of fused-ring (bicyclic) bond motifs is 1. The normalized spacial score (nSPS) is 27.2. The van der Waals surface area contributed by atoms with E-state index < -0.39 is 0 Å². The van der Waals surface area contributed by atoms with Gasteiger partial charge < -0.3 is 4.90 Å². The molecule has 1 aliphatic carbocycles. The molecule has 0 aromatic carbocycles. The monoisotopic (exact) mass is 250 g/mol. The van der Waals surface area contributed by atoms with Gasteiger partial charge in [0.15, 0.2) is 0 Å². The molecule has 4 heteroatoms. The number of allylic oxidation sites excluding steroid dienone is 2. The molecule has 2 unspecified atom stereocenters. The van der Waals surface area contributed by atoms with Crippen molar-refractivity contribution in [2.24, 2.45) is 11.8 Å². The average molecular weight is 250 g/mol. The fourth-order valence-electron chi connectivity index (χ4n) is 2.87. The summed E-state index contributed by atoms with van der Waals surface area (Å²) >= 11 is 0. The van der Waals surface area contributed by atoms with Gasteiger partial charge in [0.1, 0.15) is 0 Å². The molecule has 0 radical (unpaired) electrons. The van der Waals surface area contributed by atoms with Crippen LogP contribution in [0.2, 0.25) is 0 Å². The number of likely N-dealkylation sites (tertiary alicyclic amines) is 1. The predicted molar refractivity (Wildman–Crippen MR) is 69.9 cm³/mol. The number of hydrogen-bond donors (Lipinski definition) is 0. The van der Waals surface area contributed by atoms with Gasteiger partial charge in [-0.15, -0.1) is 0 Å². The average Bonchev–Trinajstić information content (AvgIpc) is 2.65. The van der Waals surface area contributed by atoms with E-state index in [1.54, 1.807) is 0 Å². The van der Waals surface area contributed by atoms with E-state index in [2.05, 4.69) is 18.7 Å². The minimum absolute atomic E-state index is 0.0431. The van der Waals surface area contributed by atoms with Crippen LogP contribution in [0.1, 0.15) is 26.7 Å². The molecule has 2 atom stereocenters. The van der Waals surface area contributed by atoms with Crippen molar-refractivity contribution in [2.45, 2.75) is 26.7 Å². The Morgan fingerprint density at radius 1 is 1.11 bits per heavy atom. The fraction of sp³-hybridized carbons (Fsp3) is 0.714. The minimum Gasteiger partial charge on any atom is -0.302 e. The summed E-state index contributed by atoms with van der Waals surface area (Å²) in [5.41, 5.74) is 0. The van der Waals surface area contributed by atoms with E-state index in [0.717, 1.165) is 32.5 Å². The third-order valence-corrected chi connectivity index (χ3v) is 4.13. The van der Waals surface area contributed by atoms with Crippen LogP contribution in [-0.2, 0) is 9.59 Å². The summed E-state index contributed by atoms with van der Waals surface area (Å²) in [6.07, 6.45) is 5.52. The third kappa shape index (κ3) is 2.34. The Kier molecular flexibility index (Phi) is 4.17. The molecule has 0 aromatic rings. The molecule has 0 aromatic heterocycles. The van der Waals surface area contributed by atoms with Gasteiger partial charge in [0, 0.05) is 13.1 Å². The van der Waals surface area contributed by atoms with E-state index in [1.165, 1.54) is 4.90 Å². The minimum atomic E-state index is -0.0841. The lowest BCUT2D eigenvalue weighted by atomic mass is 9.85. The van der Waals surface area contributed by atoms with Crippen LogP contribution in [0.4, 0.5) is 0 Å². The summed E-state index contributed by atoms with van der Waals surface area (Å²) in [6.45, 7) is 7.45. The number of nitrogens with zero attached hydrogens (tertiary/aromatic N) is 2. The quantitative estimate of drug-likeness (QED) is 0.545. The lowest BCUT2D eigenvalue weighted by Gasteiger charge is -2.22. The summed E-state index contributed by atoms with van der Waals surface area (Å²) in [5.74, 6) is -0.0820. The van der Waals surface area contributed by atoms with Crippen molar-refractivity contribution < 1.29 is 9.59 Å². The first-order chi connectivity index (χ1) is 8.69. The molecule has 0 N–H and O–H groups in total. The first kappa shape index (κ1) is 13.3. The highest BCUT2D eigenvalue weighted by Crippen LogP contribution is 2.34. The maximum absolute atomic E-state index is 12.2. The van der Waals surface area contributed by atoms with Gasteiger partial charge in [0.05, 0.1) is 11.8 Å². The molecule has 18 heavy (non-hydrogen) atoms. The van der Waals surface area contributed by atoms with Crippen molar-refractivity contribution >= 4 is 11.8 Å². The van der Waals surface area contributed by atoms with Gasteiger partial charge in [0.2, 0.25) is 11.8 Å². The molecule has 1 heterocycles. The largest absolute Gasteiger partial charge is 0.302 e. The third-order valence-electron chi connectivity index (χ3n) is 4.13. The van der Waals surface area contributed by atoms with E-state index in [4.69, 9.17) is 0 Å². The Labute approximate surface area is 109 Å². The maximum atomic E-state index is 12.2. The Hall–Kier alpha value is -1.16. The highest BCUT2D eigenvalue weighted by molar-refractivity contribution is 6.05. The fourth-order valence-corrected chi connectivity index (χ4v) is 2.87. The van der Waals surface area contributed by atoms with Crippen LogP contribution in [0.25, 0.3) is 0 Å². The van der Waals surface area contributed by atoms with E-state index in [9.17, 15) is 9.59 Å². The van der Waals surface area contributed by atoms with E-state index in [1.807, 2.05) is 12.2 Å². The molecule has 0 saturated carbocycles. The lowest BCUT2D eigenvalue weighted by molar-refractivity contribution is -0.140. The summed E-state index contributed by atoms with van der Waals surface area (Å²) in [7, 11) is 0. The maximum Gasteiger partial charge on any atom is 0.233 e. The van der Waals surface area contributed by atoms with Crippen LogP contribution < -0.4 is 0 Å². The predicted octanol–water partition coefficient (Wildman–Crippen LogP) is 1.28. The van der Waals surface area contributed by atoms with Gasteiger partial charge in [-0.25, -0.2) is 0 Å². The molecule has 0 spiro atoms. The molecule has 1 fully saturated rings. The second kappa shape index (κ2) is 5.65. The number of hydrogen-bond acceptors (Lipinski definition) is 3. The van der Waals surface area contributed by atoms with Crippen molar-refractivity contribution in [3.05, 3.63) is 12.2 Å². The van der Waals surface area contributed by atoms with Crippen molar-refractivity contribution in [1.29, 1.82) is 0 Å². The van der Waals surface area contributed by atoms with Gasteiger partial charge in [-0.2, -0.15) is 0 Å². The molecular weight excluding hydrogens is 228 g/mol. The summed E-state index contributed by atoms with van der Waals surface area (Å²) in [4.78, 5) is 28.1. The van der Waals surface area contributed by atoms with Crippen molar-refractivity contribution in [2.75, 3.05) is 26.2 Å². The van der Waals surface area contributed by atoms with Crippen molar-refractivity contribution in [1.82, 2.24) is 9.80 Å². The van der Waals surface area contributed by atoms with Gasteiger partial charge in [-0.3, -0.25) is 14.5 Å². The van der Waals surface area contributed by atoms with Gasteiger partial charge in [0.25, 0.3) is 0 Å². The molecule has 2 aliphatic rings. The first-order valence-corrected chi connectivity index (χ1v) is 6.91. The molecule has 2 amide bonds.